The topological polar surface area (TPSA) is 31.4 Å². The number of hydrogen-bond acceptors (Lipinski definition) is 3. The fourth-order valence-corrected chi connectivity index (χ4v) is 2.07. The second kappa shape index (κ2) is 5.02. The molecule has 0 unspecified atom stereocenters. The third kappa shape index (κ3) is 2.23. The van der Waals surface area contributed by atoms with Crippen LogP contribution in [0.3, 0.4) is 0 Å². The number of rotatable bonds is 3. The van der Waals surface area contributed by atoms with Crippen LogP contribution in [0.2, 0.25) is 5.02 Å². The van der Waals surface area contributed by atoms with Crippen LogP contribution in [0.1, 0.15) is 25.5 Å². The van der Waals surface area contributed by atoms with E-state index in [2.05, 4.69) is 18.8 Å². The number of pyridine rings is 1. The van der Waals surface area contributed by atoms with E-state index in [1.54, 1.807) is 14.2 Å². The Balaban J connectivity index is 2.78. The Kier molecular flexibility index (Phi) is 3.62. The van der Waals surface area contributed by atoms with Gasteiger partial charge in [-0.05, 0) is 18.1 Å². The summed E-state index contributed by atoms with van der Waals surface area (Å²) in [6, 6.07) is 5.58. The van der Waals surface area contributed by atoms with Crippen molar-refractivity contribution in [2.75, 3.05) is 14.2 Å². The van der Waals surface area contributed by atoms with Crippen LogP contribution in [0.15, 0.2) is 18.2 Å². The Morgan fingerprint density at radius 3 is 2.39 bits per heavy atom. The lowest BCUT2D eigenvalue weighted by molar-refractivity contribution is 0.397. The van der Waals surface area contributed by atoms with Gasteiger partial charge in [-0.3, -0.25) is 0 Å². The van der Waals surface area contributed by atoms with Gasteiger partial charge >= 0.3 is 0 Å². The minimum atomic E-state index is 0.318. The van der Waals surface area contributed by atoms with Crippen molar-refractivity contribution in [3.05, 3.63) is 28.9 Å². The van der Waals surface area contributed by atoms with Crippen LogP contribution >= 0.6 is 11.6 Å². The van der Waals surface area contributed by atoms with Crippen molar-refractivity contribution >= 4 is 22.5 Å². The van der Waals surface area contributed by atoms with Crippen molar-refractivity contribution in [3.8, 4) is 11.5 Å². The van der Waals surface area contributed by atoms with Gasteiger partial charge in [0, 0.05) is 17.1 Å². The number of ether oxygens (including phenoxy) is 2. The molecule has 0 amide bonds. The van der Waals surface area contributed by atoms with Gasteiger partial charge in [-0.15, -0.1) is 0 Å². The van der Waals surface area contributed by atoms with Crippen LogP contribution in [-0.2, 0) is 0 Å². The Morgan fingerprint density at radius 2 is 1.83 bits per heavy atom. The fourth-order valence-electron chi connectivity index (χ4n) is 1.82. The summed E-state index contributed by atoms with van der Waals surface area (Å²) in [6.45, 7) is 4.17. The highest BCUT2D eigenvalue weighted by molar-refractivity contribution is 6.35. The zero-order valence-corrected chi connectivity index (χ0v) is 11.7. The van der Waals surface area contributed by atoms with E-state index in [1.165, 1.54) is 0 Å². The lowest BCUT2D eigenvalue weighted by Gasteiger charge is -2.12. The van der Waals surface area contributed by atoms with Gasteiger partial charge in [0.15, 0.2) is 0 Å². The molecule has 0 saturated heterocycles. The summed E-state index contributed by atoms with van der Waals surface area (Å²) < 4.78 is 10.6. The summed E-state index contributed by atoms with van der Waals surface area (Å²) in [5.74, 6) is 1.70. The first-order valence-electron chi connectivity index (χ1n) is 5.79. The SMILES string of the molecule is COc1cc(OC)c2nc(C(C)C)cc(Cl)c2c1. The van der Waals surface area contributed by atoms with E-state index in [-0.39, 0.29) is 0 Å². The second-order valence-corrected chi connectivity index (χ2v) is 4.82. The number of benzene rings is 1. The molecule has 0 aliphatic heterocycles. The monoisotopic (exact) mass is 265 g/mol. The lowest BCUT2D eigenvalue weighted by atomic mass is 10.1. The van der Waals surface area contributed by atoms with Gasteiger partial charge < -0.3 is 9.47 Å². The summed E-state index contributed by atoms with van der Waals surface area (Å²) in [6.07, 6.45) is 0. The summed E-state index contributed by atoms with van der Waals surface area (Å²) in [7, 11) is 3.23. The molecule has 1 heterocycles. The highest BCUT2D eigenvalue weighted by Crippen LogP contribution is 2.35. The van der Waals surface area contributed by atoms with E-state index in [4.69, 9.17) is 21.1 Å². The molecule has 4 heteroatoms. The number of aromatic nitrogens is 1. The maximum absolute atomic E-state index is 6.31. The normalized spacial score (nSPS) is 11.0. The minimum Gasteiger partial charge on any atom is -0.497 e. The van der Waals surface area contributed by atoms with E-state index in [9.17, 15) is 0 Å². The molecular weight excluding hydrogens is 250 g/mol. The first-order chi connectivity index (χ1) is 8.56. The molecule has 0 fully saturated rings. The van der Waals surface area contributed by atoms with Crippen LogP contribution in [0, 0.1) is 0 Å². The maximum Gasteiger partial charge on any atom is 0.148 e. The zero-order valence-electron chi connectivity index (χ0n) is 11.0. The highest BCUT2D eigenvalue weighted by atomic mass is 35.5. The van der Waals surface area contributed by atoms with Gasteiger partial charge in [0.1, 0.15) is 17.0 Å². The molecule has 3 nitrogen and oxygen atoms in total. The van der Waals surface area contributed by atoms with Crippen molar-refractivity contribution in [1.29, 1.82) is 0 Å². The van der Waals surface area contributed by atoms with E-state index >= 15 is 0 Å². The fraction of sp³-hybridized carbons (Fsp3) is 0.357. The molecule has 0 N–H and O–H groups in total. The molecule has 96 valence electrons. The molecule has 0 bridgehead atoms. The van der Waals surface area contributed by atoms with Gasteiger partial charge in [-0.1, -0.05) is 25.4 Å². The van der Waals surface area contributed by atoms with Gasteiger partial charge in [-0.25, -0.2) is 4.98 Å². The summed E-state index contributed by atoms with van der Waals surface area (Å²) in [5, 5.41) is 1.51. The van der Waals surface area contributed by atoms with E-state index in [1.807, 2.05) is 18.2 Å². The van der Waals surface area contributed by atoms with Crippen molar-refractivity contribution in [1.82, 2.24) is 4.98 Å². The number of nitrogens with zero attached hydrogens (tertiary/aromatic N) is 1. The van der Waals surface area contributed by atoms with Crippen LogP contribution in [-0.4, -0.2) is 19.2 Å². The minimum absolute atomic E-state index is 0.318. The molecule has 2 aromatic rings. The zero-order chi connectivity index (χ0) is 13.3. The predicted octanol–water partition coefficient (Wildman–Crippen LogP) is 4.03. The summed E-state index contributed by atoms with van der Waals surface area (Å²) >= 11 is 6.31. The average molecular weight is 266 g/mol. The number of fused-ring (bicyclic) bond motifs is 1. The van der Waals surface area contributed by atoms with Gasteiger partial charge in [0.05, 0.1) is 19.2 Å². The van der Waals surface area contributed by atoms with Crippen molar-refractivity contribution in [2.24, 2.45) is 0 Å². The third-order valence-electron chi connectivity index (χ3n) is 2.87. The highest BCUT2D eigenvalue weighted by Gasteiger charge is 2.12. The average Bonchev–Trinajstić information content (AvgIpc) is 2.37. The molecule has 1 aromatic heterocycles. The standard InChI is InChI=1S/C14H16ClNO2/c1-8(2)12-7-11(15)10-5-9(17-3)6-13(18-4)14(10)16-12/h5-8H,1-4H3. The Hall–Kier alpha value is -1.48. The van der Waals surface area contributed by atoms with Crippen molar-refractivity contribution < 1.29 is 9.47 Å². The molecule has 0 saturated carbocycles. The first-order valence-corrected chi connectivity index (χ1v) is 6.16. The van der Waals surface area contributed by atoms with Gasteiger partial charge in [0.25, 0.3) is 0 Å². The van der Waals surface area contributed by atoms with E-state index in [0.29, 0.717) is 22.4 Å². The molecule has 0 aliphatic carbocycles. The number of halogens is 1. The molecule has 18 heavy (non-hydrogen) atoms. The van der Waals surface area contributed by atoms with E-state index in [0.717, 1.165) is 16.6 Å². The quantitative estimate of drug-likeness (QED) is 0.840. The van der Waals surface area contributed by atoms with Crippen LogP contribution < -0.4 is 9.47 Å². The Bertz CT molecular complexity index is 582. The van der Waals surface area contributed by atoms with Crippen LogP contribution in [0.25, 0.3) is 10.9 Å². The van der Waals surface area contributed by atoms with Crippen LogP contribution in [0.4, 0.5) is 0 Å². The maximum atomic E-state index is 6.31. The van der Waals surface area contributed by atoms with Gasteiger partial charge in [-0.2, -0.15) is 0 Å². The Morgan fingerprint density at radius 1 is 1.11 bits per heavy atom. The lowest BCUT2D eigenvalue weighted by Crippen LogP contribution is -1.97. The molecule has 1 aromatic carbocycles. The number of hydrogen-bond donors (Lipinski definition) is 0. The summed E-state index contributed by atoms with van der Waals surface area (Å²) in [5.41, 5.74) is 1.73. The first kappa shape index (κ1) is 13.0. The third-order valence-corrected chi connectivity index (χ3v) is 3.18. The van der Waals surface area contributed by atoms with Gasteiger partial charge in [0.2, 0.25) is 0 Å². The second-order valence-electron chi connectivity index (χ2n) is 4.41. The molecular formula is C14H16ClNO2. The molecule has 2 rings (SSSR count). The smallest absolute Gasteiger partial charge is 0.148 e. The Labute approximate surface area is 112 Å². The van der Waals surface area contributed by atoms with Crippen molar-refractivity contribution in [3.63, 3.8) is 0 Å². The molecule has 0 radical (unpaired) electrons. The number of methoxy groups -OCH3 is 2. The largest absolute Gasteiger partial charge is 0.497 e. The van der Waals surface area contributed by atoms with Crippen molar-refractivity contribution in [2.45, 2.75) is 19.8 Å². The molecule has 0 aliphatic rings. The van der Waals surface area contributed by atoms with Crippen LogP contribution in [0.5, 0.6) is 11.5 Å². The van der Waals surface area contributed by atoms with E-state index < -0.39 is 0 Å². The molecule has 0 atom stereocenters. The molecule has 0 spiro atoms. The predicted molar refractivity (Wildman–Crippen MR) is 73.9 cm³/mol. The summed E-state index contributed by atoms with van der Waals surface area (Å²) in [4.78, 5) is 4.62.